The number of carbonyl (C=O) groups is 1. The van der Waals surface area contributed by atoms with Crippen LogP contribution in [0.1, 0.15) is 35.6 Å². The first-order chi connectivity index (χ1) is 12.4. The summed E-state index contributed by atoms with van der Waals surface area (Å²) in [7, 11) is 0. The molecule has 0 aliphatic carbocycles. The minimum atomic E-state index is -4.44. The smallest absolute Gasteiger partial charge is 0.334 e. The molecular formula is C19H18ClF3N2O. The lowest BCUT2D eigenvalue weighted by Crippen LogP contribution is -2.39. The summed E-state index contributed by atoms with van der Waals surface area (Å²) in [5.41, 5.74) is 0.343. The van der Waals surface area contributed by atoms with Crippen LogP contribution in [0.3, 0.4) is 0 Å². The maximum absolute atomic E-state index is 13.3. The van der Waals surface area contributed by atoms with Crippen LogP contribution in [-0.2, 0) is 12.7 Å². The number of hydrogen-bond acceptors (Lipinski definition) is 1. The van der Waals surface area contributed by atoms with Gasteiger partial charge in [-0.25, -0.2) is 4.79 Å². The molecule has 1 heterocycles. The van der Waals surface area contributed by atoms with Crippen molar-refractivity contribution in [3.8, 4) is 0 Å². The molecule has 0 spiro atoms. The fourth-order valence-corrected chi connectivity index (χ4v) is 3.39. The third kappa shape index (κ3) is 4.12. The van der Waals surface area contributed by atoms with E-state index < -0.39 is 17.8 Å². The Morgan fingerprint density at radius 1 is 1.15 bits per heavy atom. The number of amides is 2. The zero-order chi connectivity index (χ0) is 18.7. The molecule has 3 nitrogen and oxygen atoms in total. The van der Waals surface area contributed by atoms with E-state index in [4.69, 9.17) is 11.6 Å². The van der Waals surface area contributed by atoms with Crippen molar-refractivity contribution in [3.05, 3.63) is 70.2 Å². The highest BCUT2D eigenvalue weighted by Crippen LogP contribution is 2.40. The minimum absolute atomic E-state index is 0.152. The Balaban J connectivity index is 1.74. The molecule has 1 unspecified atom stereocenters. The van der Waals surface area contributed by atoms with Gasteiger partial charge >= 0.3 is 12.2 Å². The Bertz CT molecular complexity index is 777. The molecule has 138 valence electrons. The first-order valence-electron chi connectivity index (χ1n) is 8.31. The van der Waals surface area contributed by atoms with Crippen LogP contribution in [0.2, 0.25) is 5.02 Å². The summed E-state index contributed by atoms with van der Waals surface area (Å²) in [5.74, 6) is 0. The highest BCUT2D eigenvalue weighted by atomic mass is 35.5. The van der Waals surface area contributed by atoms with Gasteiger partial charge < -0.3 is 10.2 Å². The van der Waals surface area contributed by atoms with Gasteiger partial charge in [0.05, 0.1) is 11.6 Å². The summed E-state index contributed by atoms with van der Waals surface area (Å²) in [5, 5.41) is 3.38. The molecule has 2 aromatic carbocycles. The van der Waals surface area contributed by atoms with Gasteiger partial charge in [-0.1, -0.05) is 41.9 Å². The molecule has 0 bridgehead atoms. The van der Waals surface area contributed by atoms with Crippen LogP contribution in [0.15, 0.2) is 48.5 Å². The Hall–Kier alpha value is -2.21. The van der Waals surface area contributed by atoms with Gasteiger partial charge in [-0.05, 0) is 42.2 Å². The molecule has 7 heteroatoms. The standard InChI is InChI=1S/C19H18ClF3N2O/c20-14-9-7-13(8-10-14)12-24-18(26)25-11-3-6-17(25)15-4-1-2-5-16(15)19(21,22)23/h1-2,4-5,7-10,17H,3,6,11-12H2,(H,24,26). The van der Waals surface area contributed by atoms with Crippen molar-refractivity contribution in [2.45, 2.75) is 31.6 Å². The Labute approximate surface area is 154 Å². The van der Waals surface area contributed by atoms with E-state index >= 15 is 0 Å². The van der Waals surface area contributed by atoms with Crippen LogP contribution in [0.25, 0.3) is 0 Å². The first-order valence-corrected chi connectivity index (χ1v) is 8.69. The van der Waals surface area contributed by atoms with E-state index in [-0.39, 0.29) is 11.6 Å². The van der Waals surface area contributed by atoms with Gasteiger partial charge in [0.15, 0.2) is 0 Å². The van der Waals surface area contributed by atoms with Gasteiger partial charge in [0.25, 0.3) is 0 Å². The van der Waals surface area contributed by atoms with Crippen LogP contribution in [0.4, 0.5) is 18.0 Å². The summed E-state index contributed by atoms with van der Waals surface area (Å²) in [6.45, 7) is 0.726. The minimum Gasteiger partial charge on any atom is -0.334 e. The van der Waals surface area contributed by atoms with Crippen LogP contribution in [0.5, 0.6) is 0 Å². The van der Waals surface area contributed by atoms with E-state index in [1.165, 1.54) is 17.0 Å². The van der Waals surface area contributed by atoms with Crippen molar-refractivity contribution < 1.29 is 18.0 Å². The Kier molecular flexibility index (Phi) is 5.41. The number of urea groups is 1. The van der Waals surface area contributed by atoms with Crippen molar-refractivity contribution in [2.24, 2.45) is 0 Å². The highest BCUT2D eigenvalue weighted by molar-refractivity contribution is 6.30. The van der Waals surface area contributed by atoms with Crippen molar-refractivity contribution in [2.75, 3.05) is 6.54 Å². The highest BCUT2D eigenvalue weighted by Gasteiger charge is 2.38. The Morgan fingerprint density at radius 2 is 1.85 bits per heavy atom. The quantitative estimate of drug-likeness (QED) is 0.756. The third-order valence-corrected chi connectivity index (χ3v) is 4.75. The van der Waals surface area contributed by atoms with Gasteiger partial charge in [-0.3, -0.25) is 0 Å². The fourth-order valence-electron chi connectivity index (χ4n) is 3.26. The van der Waals surface area contributed by atoms with Gasteiger partial charge in [0.1, 0.15) is 0 Å². The van der Waals surface area contributed by atoms with Gasteiger partial charge in [-0.2, -0.15) is 13.2 Å². The van der Waals surface area contributed by atoms with E-state index in [1.807, 2.05) is 0 Å². The van der Waals surface area contributed by atoms with E-state index in [9.17, 15) is 18.0 Å². The van der Waals surface area contributed by atoms with Gasteiger partial charge in [-0.15, -0.1) is 0 Å². The monoisotopic (exact) mass is 382 g/mol. The van der Waals surface area contributed by atoms with Crippen molar-refractivity contribution in [1.82, 2.24) is 10.2 Å². The molecule has 0 saturated carbocycles. The molecule has 1 fully saturated rings. The lowest BCUT2D eigenvalue weighted by molar-refractivity contribution is -0.138. The predicted octanol–water partition coefficient (Wildman–Crippen LogP) is 5.41. The van der Waals surface area contributed by atoms with Crippen molar-refractivity contribution in [3.63, 3.8) is 0 Å². The molecule has 1 aliphatic rings. The zero-order valence-electron chi connectivity index (χ0n) is 13.9. The second kappa shape index (κ2) is 7.58. The molecule has 0 aromatic heterocycles. The first kappa shape index (κ1) is 18.6. The molecule has 2 amide bonds. The van der Waals surface area contributed by atoms with Crippen LogP contribution < -0.4 is 5.32 Å². The molecule has 3 rings (SSSR count). The summed E-state index contributed by atoms with van der Waals surface area (Å²) < 4.78 is 39.9. The zero-order valence-corrected chi connectivity index (χ0v) is 14.6. The Morgan fingerprint density at radius 3 is 2.54 bits per heavy atom. The van der Waals surface area contributed by atoms with Crippen LogP contribution >= 0.6 is 11.6 Å². The number of carbonyl (C=O) groups excluding carboxylic acids is 1. The summed E-state index contributed by atoms with van der Waals surface area (Å²) in [6, 6.07) is 11.6. The molecule has 26 heavy (non-hydrogen) atoms. The van der Waals surface area contributed by atoms with E-state index in [0.717, 1.165) is 11.6 Å². The van der Waals surface area contributed by atoms with Crippen LogP contribution in [0, 0.1) is 0 Å². The topological polar surface area (TPSA) is 32.3 Å². The second-order valence-corrected chi connectivity index (χ2v) is 6.66. The molecule has 0 radical (unpaired) electrons. The second-order valence-electron chi connectivity index (χ2n) is 6.22. The average molecular weight is 383 g/mol. The van der Waals surface area contributed by atoms with E-state index in [2.05, 4.69) is 5.32 Å². The summed E-state index contributed by atoms with van der Waals surface area (Å²) in [4.78, 5) is 14.0. The average Bonchev–Trinajstić information content (AvgIpc) is 3.10. The molecule has 1 N–H and O–H groups in total. The third-order valence-electron chi connectivity index (χ3n) is 4.50. The lowest BCUT2D eigenvalue weighted by atomic mass is 9.98. The summed E-state index contributed by atoms with van der Waals surface area (Å²) in [6.07, 6.45) is -3.25. The number of alkyl halides is 3. The molecule has 1 atom stereocenters. The van der Waals surface area contributed by atoms with Gasteiger partial charge in [0, 0.05) is 18.1 Å². The number of nitrogens with one attached hydrogen (secondary N) is 1. The molecule has 1 aliphatic heterocycles. The number of benzene rings is 2. The lowest BCUT2D eigenvalue weighted by Gasteiger charge is -2.27. The molecule has 2 aromatic rings. The maximum Gasteiger partial charge on any atom is 0.416 e. The number of halogens is 4. The fraction of sp³-hybridized carbons (Fsp3) is 0.316. The maximum atomic E-state index is 13.3. The normalized spacial score (nSPS) is 17.4. The largest absolute Gasteiger partial charge is 0.416 e. The molecule has 1 saturated heterocycles. The van der Waals surface area contributed by atoms with Crippen molar-refractivity contribution in [1.29, 1.82) is 0 Å². The van der Waals surface area contributed by atoms with E-state index in [1.54, 1.807) is 30.3 Å². The number of likely N-dealkylation sites (tertiary alicyclic amines) is 1. The van der Waals surface area contributed by atoms with Crippen LogP contribution in [-0.4, -0.2) is 17.5 Å². The van der Waals surface area contributed by atoms with Crippen molar-refractivity contribution >= 4 is 17.6 Å². The molecular weight excluding hydrogens is 365 g/mol. The van der Waals surface area contributed by atoms with Gasteiger partial charge in [0.2, 0.25) is 0 Å². The van der Waals surface area contributed by atoms with E-state index in [0.29, 0.717) is 31.0 Å². The number of hydrogen-bond donors (Lipinski definition) is 1. The summed E-state index contributed by atoms with van der Waals surface area (Å²) >= 11 is 5.83. The number of nitrogens with zero attached hydrogens (tertiary/aromatic N) is 1. The SMILES string of the molecule is O=C(NCc1ccc(Cl)cc1)N1CCCC1c1ccccc1C(F)(F)F. The number of rotatable bonds is 3. The predicted molar refractivity (Wildman–Crippen MR) is 93.8 cm³/mol.